The Morgan fingerprint density at radius 2 is 2.24 bits per heavy atom. The van der Waals surface area contributed by atoms with Gasteiger partial charge in [0, 0.05) is 20.1 Å². The number of nitrogens with two attached hydrogens (primary N) is 1. The van der Waals surface area contributed by atoms with Gasteiger partial charge in [-0.1, -0.05) is 0 Å². The van der Waals surface area contributed by atoms with E-state index in [4.69, 9.17) is 10.6 Å². The number of nitrogens with one attached hydrogen (secondary N) is 1. The fraction of sp³-hybridized carbons (Fsp3) is 0.583. The molecule has 1 atom stereocenters. The van der Waals surface area contributed by atoms with Crippen molar-refractivity contribution in [1.29, 1.82) is 0 Å². The van der Waals surface area contributed by atoms with Crippen molar-refractivity contribution in [2.24, 2.45) is 10.7 Å². The number of rotatable bonds is 8. The van der Waals surface area contributed by atoms with Gasteiger partial charge in [0.15, 0.2) is 0 Å². The van der Waals surface area contributed by atoms with E-state index < -0.39 is 0 Å². The van der Waals surface area contributed by atoms with Crippen molar-refractivity contribution in [3.8, 4) is 0 Å². The first-order chi connectivity index (χ1) is 8.08. The summed E-state index contributed by atoms with van der Waals surface area (Å²) in [5.74, 6) is 0.813. The molecule has 0 heterocycles. The lowest BCUT2D eigenvalue weighted by Gasteiger charge is -2.21. The molecule has 0 aliphatic rings. The van der Waals surface area contributed by atoms with E-state index in [1.165, 1.54) is 0 Å². The van der Waals surface area contributed by atoms with Crippen LogP contribution in [0.1, 0.15) is 20.8 Å². The standard InChI is InChI=1S/C12H24N4O/c1-6-15-17-9-8-11(13)10(3)12(14-4)16(5)7-2/h8-9,11,15H,4,6-7,13H2,1-3,5H3/b9-8+,12-10+. The van der Waals surface area contributed by atoms with Crippen LogP contribution in [-0.4, -0.2) is 37.8 Å². The highest BCUT2D eigenvalue weighted by Gasteiger charge is 2.09. The van der Waals surface area contributed by atoms with Gasteiger partial charge >= 0.3 is 0 Å². The summed E-state index contributed by atoms with van der Waals surface area (Å²) in [7, 11) is 1.96. The minimum atomic E-state index is -0.233. The molecule has 98 valence electrons. The molecule has 1 unspecified atom stereocenters. The molecule has 0 bridgehead atoms. The first-order valence-electron chi connectivity index (χ1n) is 5.77. The quantitative estimate of drug-likeness (QED) is 0.290. The van der Waals surface area contributed by atoms with Crippen LogP contribution in [0.2, 0.25) is 0 Å². The molecular weight excluding hydrogens is 216 g/mol. The van der Waals surface area contributed by atoms with Gasteiger partial charge in [-0.15, -0.1) is 0 Å². The maximum absolute atomic E-state index is 6.00. The van der Waals surface area contributed by atoms with Gasteiger partial charge in [0.2, 0.25) is 0 Å². The minimum Gasteiger partial charge on any atom is -0.417 e. The molecule has 0 rings (SSSR count). The second-order valence-corrected chi connectivity index (χ2v) is 3.65. The highest BCUT2D eigenvalue weighted by atomic mass is 16.6. The Balaban J connectivity index is 4.62. The van der Waals surface area contributed by atoms with Gasteiger partial charge in [-0.05, 0) is 39.1 Å². The third-order valence-corrected chi connectivity index (χ3v) is 2.42. The van der Waals surface area contributed by atoms with Crippen LogP contribution >= 0.6 is 0 Å². The van der Waals surface area contributed by atoms with Crippen LogP contribution in [0.25, 0.3) is 0 Å². The van der Waals surface area contributed by atoms with E-state index in [9.17, 15) is 0 Å². The molecule has 0 aliphatic carbocycles. The van der Waals surface area contributed by atoms with Gasteiger partial charge in [-0.3, -0.25) is 0 Å². The number of hydrogen-bond donors (Lipinski definition) is 2. The normalized spacial score (nSPS) is 14.4. The fourth-order valence-corrected chi connectivity index (χ4v) is 1.25. The molecular formula is C12H24N4O. The van der Waals surface area contributed by atoms with Crippen molar-refractivity contribution in [1.82, 2.24) is 10.4 Å². The summed E-state index contributed by atoms with van der Waals surface area (Å²) >= 11 is 0. The van der Waals surface area contributed by atoms with Crippen LogP contribution in [-0.2, 0) is 4.84 Å². The molecule has 0 aromatic carbocycles. The van der Waals surface area contributed by atoms with Crippen LogP contribution < -0.4 is 11.2 Å². The van der Waals surface area contributed by atoms with Crippen LogP contribution in [0.15, 0.2) is 28.7 Å². The Kier molecular flexibility index (Phi) is 8.09. The van der Waals surface area contributed by atoms with Crippen LogP contribution in [0.3, 0.4) is 0 Å². The van der Waals surface area contributed by atoms with Gasteiger partial charge < -0.3 is 15.5 Å². The van der Waals surface area contributed by atoms with Crippen molar-refractivity contribution in [2.75, 3.05) is 20.1 Å². The molecule has 0 amide bonds. The van der Waals surface area contributed by atoms with E-state index >= 15 is 0 Å². The summed E-state index contributed by atoms with van der Waals surface area (Å²) in [5, 5.41) is 0. The molecule has 0 spiro atoms. The topological polar surface area (TPSA) is 62.9 Å². The Morgan fingerprint density at radius 3 is 2.71 bits per heavy atom. The van der Waals surface area contributed by atoms with Gasteiger partial charge in [-0.25, -0.2) is 4.99 Å². The average Bonchev–Trinajstić information content (AvgIpc) is 2.34. The Labute approximate surface area is 104 Å². The molecule has 0 saturated heterocycles. The van der Waals surface area contributed by atoms with E-state index in [1.54, 1.807) is 12.3 Å². The van der Waals surface area contributed by atoms with E-state index in [0.29, 0.717) is 0 Å². The summed E-state index contributed by atoms with van der Waals surface area (Å²) in [4.78, 5) is 11.0. The summed E-state index contributed by atoms with van der Waals surface area (Å²) in [5.41, 5.74) is 9.68. The van der Waals surface area contributed by atoms with Gasteiger partial charge in [0.25, 0.3) is 0 Å². The predicted molar refractivity (Wildman–Crippen MR) is 72.4 cm³/mol. The van der Waals surface area contributed by atoms with Crippen LogP contribution in [0.4, 0.5) is 0 Å². The van der Waals surface area contributed by atoms with Crippen LogP contribution in [0, 0.1) is 0 Å². The molecule has 17 heavy (non-hydrogen) atoms. The molecule has 0 aliphatic heterocycles. The monoisotopic (exact) mass is 240 g/mol. The molecule has 5 heteroatoms. The Hall–Kier alpha value is -1.33. The predicted octanol–water partition coefficient (Wildman–Crippen LogP) is 1.25. The number of nitrogens with zero attached hydrogens (tertiary/aromatic N) is 2. The number of aliphatic imine (C=N–C) groups is 1. The second kappa shape index (κ2) is 8.78. The highest BCUT2D eigenvalue weighted by Crippen LogP contribution is 2.12. The third-order valence-electron chi connectivity index (χ3n) is 2.42. The first kappa shape index (κ1) is 15.7. The smallest absolute Gasteiger partial charge is 0.128 e. The van der Waals surface area contributed by atoms with Gasteiger partial charge in [0.1, 0.15) is 12.1 Å². The Bertz CT molecular complexity index is 286. The van der Waals surface area contributed by atoms with Crippen molar-refractivity contribution in [3.05, 3.63) is 23.7 Å². The maximum atomic E-state index is 6.00. The summed E-state index contributed by atoms with van der Waals surface area (Å²) in [6.45, 7) is 11.1. The van der Waals surface area contributed by atoms with Crippen molar-refractivity contribution < 1.29 is 4.84 Å². The van der Waals surface area contributed by atoms with E-state index in [-0.39, 0.29) is 6.04 Å². The van der Waals surface area contributed by atoms with E-state index in [0.717, 1.165) is 24.5 Å². The zero-order valence-electron chi connectivity index (χ0n) is 11.2. The van der Waals surface area contributed by atoms with Crippen molar-refractivity contribution in [3.63, 3.8) is 0 Å². The Morgan fingerprint density at radius 1 is 1.59 bits per heavy atom. The average molecular weight is 240 g/mol. The summed E-state index contributed by atoms with van der Waals surface area (Å²) in [6, 6.07) is -0.233. The fourth-order valence-electron chi connectivity index (χ4n) is 1.25. The SMILES string of the molecule is C=N/C(=C(/C)C(N)/C=C/ONCC)N(C)CC. The van der Waals surface area contributed by atoms with Gasteiger partial charge in [-0.2, -0.15) is 5.48 Å². The highest BCUT2D eigenvalue weighted by molar-refractivity contribution is 5.32. The molecule has 3 N–H and O–H groups in total. The molecule has 0 aromatic heterocycles. The molecule has 0 fully saturated rings. The summed E-state index contributed by atoms with van der Waals surface area (Å²) < 4.78 is 0. The lowest BCUT2D eigenvalue weighted by molar-refractivity contribution is 0.139. The molecule has 0 aromatic rings. The van der Waals surface area contributed by atoms with Gasteiger partial charge in [0.05, 0.1) is 6.04 Å². The lowest BCUT2D eigenvalue weighted by atomic mass is 10.1. The maximum Gasteiger partial charge on any atom is 0.128 e. The van der Waals surface area contributed by atoms with E-state index in [2.05, 4.69) is 17.2 Å². The molecule has 0 saturated carbocycles. The zero-order valence-corrected chi connectivity index (χ0v) is 11.2. The summed E-state index contributed by atoms with van der Waals surface area (Å²) in [6.07, 6.45) is 3.32. The first-order valence-corrected chi connectivity index (χ1v) is 5.77. The van der Waals surface area contributed by atoms with E-state index in [1.807, 2.05) is 32.7 Å². The van der Waals surface area contributed by atoms with Crippen LogP contribution in [0.5, 0.6) is 0 Å². The largest absolute Gasteiger partial charge is 0.417 e. The molecule has 5 nitrogen and oxygen atoms in total. The molecule has 0 radical (unpaired) electrons. The lowest BCUT2D eigenvalue weighted by Crippen LogP contribution is -2.25. The van der Waals surface area contributed by atoms with Crippen molar-refractivity contribution in [2.45, 2.75) is 26.8 Å². The minimum absolute atomic E-state index is 0.233. The van der Waals surface area contributed by atoms with Crippen molar-refractivity contribution >= 4 is 6.72 Å². The number of hydroxylamine groups is 1. The zero-order chi connectivity index (χ0) is 13.3. The second-order valence-electron chi connectivity index (χ2n) is 3.65. The number of hydrogen-bond acceptors (Lipinski definition) is 5. The third kappa shape index (κ3) is 5.51.